The molecule has 0 radical (unpaired) electrons. The van der Waals surface area contributed by atoms with Gasteiger partial charge in [0.25, 0.3) is 0 Å². The van der Waals surface area contributed by atoms with Gasteiger partial charge < -0.3 is 25.8 Å². The van der Waals surface area contributed by atoms with E-state index in [0.29, 0.717) is 12.8 Å². The topological polar surface area (TPSA) is 81.9 Å². The van der Waals surface area contributed by atoms with Crippen LogP contribution in [0.5, 0.6) is 0 Å². The minimum atomic E-state index is -0.198. The van der Waals surface area contributed by atoms with E-state index in [0.717, 1.165) is 70.7 Å². The summed E-state index contributed by atoms with van der Waals surface area (Å²) < 4.78 is 0. The molecule has 0 aliphatic carbocycles. The molecule has 0 spiro atoms. The van der Waals surface area contributed by atoms with Crippen LogP contribution in [0.3, 0.4) is 0 Å². The lowest BCUT2D eigenvalue weighted by atomic mass is 9.79. The molecule has 2 heterocycles. The van der Waals surface area contributed by atoms with Gasteiger partial charge in [-0.1, -0.05) is 20.8 Å². The van der Waals surface area contributed by atoms with Crippen LogP contribution in [-0.2, 0) is 9.59 Å². The number of carbonyl (C=O) groups is 2. The average Bonchev–Trinajstić information content (AvgIpc) is 2.70. The maximum atomic E-state index is 12.2. The summed E-state index contributed by atoms with van der Waals surface area (Å²) in [6.45, 7) is 15.5. The van der Waals surface area contributed by atoms with Crippen LogP contribution in [0.4, 0.5) is 0 Å². The van der Waals surface area contributed by atoms with Crippen LogP contribution >= 0.6 is 0 Å². The molecule has 7 nitrogen and oxygen atoms in total. The molecule has 31 heavy (non-hydrogen) atoms. The van der Waals surface area contributed by atoms with Crippen molar-refractivity contribution in [3.8, 4) is 0 Å². The predicted molar refractivity (Wildman–Crippen MR) is 127 cm³/mol. The molecular weight excluding hydrogens is 390 g/mol. The van der Waals surface area contributed by atoms with Crippen LogP contribution < -0.4 is 11.1 Å². The van der Waals surface area contributed by atoms with E-state index in [9.17, 15) is 9.59 Å². The van der Waals surface area contributed by atoms with Gasteiger partial charge in [-0.2, -0.15) is 0 Å². The quantitative estimate of drug-likeness (QED) is 0.515. The van der Waals surface area contributed by atoms with Gasteiger partial charge in [-0.3, -0.25) is 9.59 Å². The van der Waals surface area contributed by atoms with Gasteiger partial charge in [0, 0.05) is 45.6 Å². The Morgan fingerprint density at radius 3 is 1.87 bits per heavy atom. The molecule has 2 saturated heterocycles. The lowest BCUT2D eigenvalue weighted by molar-refractivity contribution is -0.121. The van der Waals surface area contributed by atoms with E-state index in [-0.39, 0.29) is 17.2 Å². The van der Waals surface area contributed by atoms with E-state index in [1.165, 1.54) is 25.7 Å². The Morgan fingerprint density at radius 2 is 1.42 bits per heavy atom. The third kappa shape index (κ3) is 10.8. The Morgan fingerprint density at radius 1 is 0.935 bits per heavy atom. The Labute approximate surface area is 190 Å². The van der Waals surface area contributed by atoms with Gasteiger partial charge in [0.2, 0.25) is 11.8 Å². The highest BCUT2D eigenvalue weighted by Gasteiger charge is 2.29. The van der Waals surface area contributed by atoms with Gasteiger partial charge in [-0.05, 0) is 76.2 Å². The zero-order valence-electron chi connectivity index (χ0n) is 20.5. The van der Waals surface area contributed by atoms with Crippen molar-refractivity contribution in [3.05, 3.63) is 0 Å². The Hall–Kier alpha value is -1.18. The molecule has 2 rings (SSSR count). The van der Waals surface area contributed by atoms with Gasteiger partial charge in [-0.25, -0.2) is 0 Å². The van der Waals surface area contributed by atoms with E-state index in [2.05, 4.69) is 47.8 Å². The van der Waals surface area contributed by atoms with Gasteiger partial charge >= 0.3 is 0 Å². The highest BCUT2D eigenvalue weighted by atomic mass is 16.1. The van der Waals surface area contributed by atoms with Crippen molar-refractivity contribution < 1.29 is 9.59 Å². The fraction of sp³-hybridized carbons (Fsp3) is 0.917. The number of hydrogen-bond donors (Lipinski definition) is 2. The number of amides is 2. The number of piperidine rings is 2. The number of likely N-dealkylation sites (tertiary alicyclic amines) is 2. The van der Waals surface area contributed by atoms with Gasteiger partial charge in [0.1, 0.15) is 0 Å². The molecule has 3 N–H and O–H groups in total. The largest absolute Gasteiger partial charge is 0.370 e. The highest BCUT2D eigenvalue weighted by molar-refractivity contribution is 5.76. The molecule has 0 atom stereocenters. The fourth-order valence-corrected chi connectivity index (χ4v) is 5.19. The third-order valence-electron chi connectivity index (χ3n) is 6.82. The van der Waals surface area contributed by atoms with Crippen LogP contribution in [0, 0.1) is 17.3 Å². The monoisotopic (exact) mass is 437 g/mol. The van der Waals surface area contributed by atoms with E-state index in [4.69, 9.17) is 5.73 Å². The first kappa shape index (κ1) is 26.1. The number of primary amides is 1. The van der Waals surface area contributed by atoms with Crippen molar-refractivity contribution >= 4 is 11.8 Å². The Kier molecular flexibility index (Phi) is 10.7. The minimum absolute atomic E-state index is 0.176. The number of nitrogens with one attached hydrogen (secondary N) is 1. The molecule has 0 aromatic heterocycles. The number of carbonyl (C=O) groups excluding carboxylic acids is 2. The molecule has 2 aliphatic heterocycles. The molecule has 2 fully saturated rings. The predicted octanol–water partition coefficient (Wildman–Crippen LogP) is 1.77. The van der Waals surface area contributed by atoms with E-state index < -0.39 is 0 Å². The molecule has 180 valence electrons. The van der Waals surface area contributed by atoms with Crippen LogP contribution in [0.15, 0.2) is 0 Å². The van der Waals surface area contributed by atoms with Crippen molar-refractivity contribution in [2.24, 2.45) is 23.0 Å². The second-order valence-electron chi connectivity index (χ2n) is 11.0. The SMILES string of the molecule is CN(CCNC(=O)CCN1CCC(C2CCN(CCC(N)=O)CC2)CC1)CC(C)(C)C. The summed E-state index contributed by atoms with van der Waals surface area (Å²) in [4.78, 5) is 30.3. The van der Waals surface area contributed by atoms with Crippen molar-refractivity contribution in [3.63, 3.8) is 0 Å². The zero-order chi connectivity index (χ0) is 22.9. The van der Waals surface area contributed by atoms with Gasteiger partial charge in [-0.15, -0.1) is 0 Å². The zero-order valence-corrected chi connectivity index (χ0v) is 20.5. The summed E-state index contributed by atoms with van der Waals surface area (Å²) in [7, 11) is 2.12. The normalized spacial score (nSPS) is 20.3. The summed E-state index contributed by atoms with van der Waals surface area (Å²) >= 11 is 0. The summed E-state index contributed by atoms with van der Waals surface area (Å²) in [5, 5.41) is 3.08. The molecule has 0 aromatic rings. The maximum absolute atomic E-state index is 12.2. The van der Waals surface area contributed by atoms with Crippen molar-refractivity contribution in [1.29, 1.82) is 0 Å². The molecule has 7 heteroatoms. The van der Waals surface area contributed by atoms with E-state index >= 15 is 0 Å². The summed E-state index contributed by atoms with van der Waals surface area (Å²) in [5.41, 5.74) is 5.55. The maximum Gasteiger partial charge on any atom is 0.221 e. The lowest BCUT2D eigenvalue weighted by Gasteiger charge is -2.40. The minimum Gasteiger partial charge on any atom is -0.370 e. The van der Waals surface area contributed by atoms with Crippen molar-refractivity contribution in [2.45, 2.75) is 59.3 Å². The molecule has 2 amide bonds. The fourth-order valence-electron chi connectivity index (χ4n) is 5.19. The van der Waals surface area contributed by atoms with Crippen LogP contribution in [0.25, 0.3) is 0 Å². The van der Waals surface area contributed by atoms with Crippen LogP contribution in [0.2, 0.25) is 0 Å². The van der Waals surface area contributed by atoms with Gasteiger partial charge in [0.15, 0.2) is 0 Å². The summed E-state index contributed by atoms with van der Waals surface area (Å²) in [5.74, 6) is 1.62. The summed E-state index contributed by atoms with van der Waals surface area (Å²) in [6.07, 6.45) is 6.08. The second kappa shape index (κ2) is 12.8. The molecule has 2 aliphatic rings. The standard InChI is InChI=1S/C24H47N5O2/c1-24(2,3)19-27(4)18-11-26-23(31)10-17-29-14-7-21(8-15-29)20-5-12-28(13-6-20)16-9-22(25)30/h20-21H,5-19H2,1-4H3,(H2,25,30)(H,26,31). The van der Waals surface area contributed by atoms with Crippen molar-refractivity contribution in [2.75, 3.05) is 66.0 Å². The number of likely N-dealkylation sites (N-methyl/N-ethyl adjacent to an activating group) is 1. The van der Waals surface area contributed by atoms with Gasteiger partial charge in [0.05, 0.1) is 0 Å². The van der Waals surface area contributed by atoms with E-state index in [1.807, 2.05) is 0 Å². The summed E-state index contributed by atoms with van der Waals surface area (Å²) in [6, 6.07) is 0. The molecule has 0 aromatic carbocycles. The lowest BCUT2D eigenvalue weighted by Crippen LogP contribution is -2.42. The molecule has 0 unspecified atom stereocenters. The number of nitrogens with two attached hydrogens (primary N) is 1. The van der Waals surface area contributed by atoms with E-state index in [1.54, 1.807) is 0 Å². The number of rotatable bonds is 11. The molecular formula is C24H47N5O2. The number of hydrogen-bond acceptors (Lipinski definition) is 5. The number of nitrogens with zero attached hydrogens (tertiary/aromatic N) is 3. The highest BCUT2D eigenvalue weighted by Crippen LogP contribution is 2.32. The first-order valence-corrected chi connectivity index (χ1v) is 12.3. The van der Waals surface area contributed by atoms with Crippen LogP contribution in [-0.4, -0.2) is 92.5 Å². The smallest absolute Gasteiger partial charge is 0.221 e. The molecule has 0 bridgehead atoms. The molecule has 0 saturated carbocycles. The first-order valence-electron chi connectivity index (χ1n) is 12.3. The third-order valence-corrected chi connectivity index (χ3v) is 6.82. The second-order valence-corrected chi connectivity index (χ2v) is 11.0. The van der Waals surface area contributed by atoms with Crippen LogP contribution in [0.1, 0.15) is 59.3 Å². The Bertz CT molecular complexity index is 547. The average molecular weight is 438 g/mol. The first-order chi connectivity index (χ1) is 14.6. The van der Waals surface area contributed by atoms with Crippen molar-refractivity contribution in [1.82, 2.24) is 20.0 Å². The Balaban J connectivity index is 1.54.